The predicted molar refractivity (Wildman–Crippen MR) is 131 cm³/mol. The van der Waals surface area contributed by atoms with E-state index in [4.69, 9.17) is 4.74 Å². The highest BCUT2D eigenvalue weighted by molar-refractivity contribution is 5.92. The normalized spacial score (nSPS) is 34.8. The van der Waals surface area contributed by atoms with Crippen LogP contribution in [0.25, 0.3) is 0 Å². The monoisotopic (exact) mass is 475 g/mol. The van der Waals surface area contributed by atoms with Gasteiger partial charge in [-0.15, -0.1) is 0 Å². The molecule has 2 N–H and O–H groups in total. The van der Waals surface area contributed by atoms with Gasteiger partial charge < -0.3 is 14.9 Å². The van der Waals surface area contributed by atoms with E-state index in [0.717, 1.165) is 43.0 Å². The smallest absolute Gasteiger partial charge is 0.225 e. The van der Waals surface area contributed by atoms with Crippen LogP contribution in [0.2, 0.25) is 0 Å². The standard InChI is InChI=1S/C28H33N3O4/c1-16-4-3-12-29-26(16)31(17(2)32)20-9-10-28(34)22-14-19-7-8-21(33)24-23(19)27(28,25(20)35-24)11-13-30(22)15-18-5-6-18/h3-4,7-8,12,18,20,22,25,33-34H,5-6,9-11,13-15H2,1-2H3/t20-,22+,25-,27-,28+/m0/s1. The van der Waals surface area contributed by atoms with Crippen molar-refractivity contribution >= 4 is 11.7 Å². The molecule has 7 rings (SSSR count). The number of ether oxygens (including phenoxy) is 1. The lowest BCUT2D eigenvalue weighted by Gasteiger charge is -2.64. The molecule has 2 bridgehead atoms. The van der Waals surface area contributed by atoms with Crippen LogP contribution in [0, 0.1) is 12.8 Å². The maximum Gasteiger partial charge on any atom is 0.225 e. The third-order valence-electron chi connectivity index (χ3n) is 9.61. The van der Waals surface area contributed by atoms with Gasteiger partial charge in [-0.2, -0.15) is 0 Å². The summed E-state index contributed by atoms with van der Waals surface area (Å²) in [4.78, 5) is 22.0. The van der Waals surface area contributed by atoms with Crippen molar-refractivity contribution in [2.75, 3.05) is 18.0 Å². The Morgan fingerprint density at radius 2 is 2.09 bits per heavy atom. The van der Waals surface area contributed by atoms with E-state index >= 15 is 0 Å². The Kier molecular flexibility index (Phi) is 4.45. The highest BCUT2D eigenvalue weighted by Gasteiger charge is 2.73. The van der Waals surface area contributed by atoms with E-state index in [2.05, 4.69) is 9.88 Å². The number of aromatic nitrogens is 1. The molecular weight excluding hydrogens is 442 g/mol. The number of carbonyl (C=O) groups is 1. The van der Waals surface area contributed by atoms with Gasteiger partial charge in [0.1, 0.15) is 11.9 Å². The third-order valence-corrected chi connectivity index (χ3v) is 9.61. The van der Waals surface area contributed by atoms with Crippen molar-refractivity contribution in [1.82, 2.24) is 9.88 Å². The number of phenolic OH excluding ortho intramolecular Hbond substituents is 1. The van der Waals surface area contributed by atoms with Gasteiger partial charge >= 0.3 is 0 Å². The van der Waals surface area contributed by atoms with Crippen molar-refractivity contribution in [3.63, 3.8) is 0 Å². The lowest BCUT2D eigenvalue weighted by atomic mass is 9.48. The zero-order chi connectivity index (χ0) is 24.1. The van der Waals surface area contributed by atoms with Gasteiger partial charge in [-0.1, -0.05) is 12.1 Å². The van der Waals surface area contributed by atoms with E-state index in [1.54, 1.807) is 24.1 Å². The summed E-state index contributed by atoms with van der Waals surface area (Å²) in [6.45, 7) is 5.49. The number of phenols is 1. The fourth-order valence-corrected chi connectivity index (χ4v) is 7.99. The van der Waals surface area contributed by atoms with Gasteiger partial charge in [-0.3, -0.25) is 14.6 Å². The van der Waals surface area contributed by atoms with Gasteiger partial charge in [0.05, 0.1) is 17.1 Å². The summed E-state index contributed by atoms with van der Waals surface area (Å²) in [5.41, 5.74) is 1.46. The number of amides is 1. The predicted octanol–water partition coefficient (Wildman–Crippen LogP) is 3.08. The molecule has 2 aromatic rings. The van der Waals surface area contributed by atoms with Gasteiger partial charge in [0, 0.05) is 31.3 Å². The number of anilines is 1. The number of rotatable bonds is 4. The Bertz CT molecular complexity index is 1230. The van der Waals surface area contributed by atoms with E-state index in [1.165, 1.54) is 18.4 Å². The largest absolute Gasteiger partial charge is 0.504 e. The molecule has 5 aliphatic rings. The van der Waals surface area contributed by atoms with Gasteiger partial charge in [0.15, 0.2) is 11.5 Å². The summed E-state index contributed by atoms with van der Waals surface area (Å²) < 4.78 is 6.66. The van der Waals surface area contributed by atoms with Gasteiger partial charge in [-0.05, 0) is 81.2 Å². The average Bonchev–Trinajstić information content (AvgIpc) is 3.57. The molecular formula is C28H33N3O4. The molecule has 2 saturated carbocycles. The first-order valence-corrected chi connectivity index (χ1v) is 13.0. The molecule has 3 fully saturated rings. The number of piperidine rings is 1. The molecule has 1 amide bonds. The van der Waals surface area contributed by atoms with Crippen molar-refractivity contribution in [2.45, 2.75) is 81.6 Å². The molecule has 7 heteroatoms. The Morgan fingerprint density at radius 1 is 1.26 bits per heavy atom. The minimum Gasteiger partial charge on any atom is -0.504 e. The van der Waals surface area contributed by atoms with Crippen molar-refractivity contribution in [3.8, 4) is 11.5 Å². The number of benzene rings is 1. The van der Waals surface area contributed by atoms with Gasteiger partial charge in [0.2, 0.25) is 5.91 Å². The number of aromatic hydroxyl groups is 1. The van der Waals surface area contributed by atoms with Crippen molar-refractivity contribution < 1.29 is 19.7 Å². The zero-order valence-electron chi connectivity index (χ0n) is 20.4. The minimum absolute atomic E-state index is 0.0225. The minimum atomic E-state index is -0.963. The van der Waals surface area contributed by atoms with Crippen LogP contribution < -0.4 is 9.64 Å². The quantitative estimate of drug-likeness (QED) is 0.707. The molecule has 1 aromatic heterocycles. The molecule has 7 nitrogen and oxygen atoms in total. The summed E-state index contributed by atoms with van der Waals surface area (Å²) in [5.74, 6) is 1.94. The third kappa shape index (κ3) is 2.74. The second-order valence-electron chi connectivity index (χ2n) is 11.4. The Morgan fingerprint density at radius 3 is 2.83 bits per heavy atom. The Labute approximate surface area is 205 Å². The van der Waals surface area contributed by atoms with Gasteiger partial charge in [0.25, 0.3) is 0 Å². The number of hydrogen-bond donors (Lipinski definition) is 2. The molecule has 1 saturated heterocycles. The van der Waals surface area contributed by atoms with Crippen molar-refractivity contribution in [2.24, 2.45) is 5.92 Å². The number of hydrogen-bond acceptors (Lipinski definition) is 6. The lowest BCUT2D eigenvalue weighted by molar-refractivity contribution is -0.190. The van der Waals surface area contributed by atoms with Crippen molar-refractivity contribution in [1.29, 1.82) is 0 Å². The first kappa shape index (κ1) is 21.6. The molecule has 5 atom stereocenters. The fraction of sp³-hybridized carbons (Fsp3) is 0.571. The number of aryl methyl sites for hydroxylation is 1. The second kappa shape index (κ2) is 7.20. The zero-order valence-corrected chi connectivity index (χ0v) is 20.4. The van der Waals surface area contributed by atoms with Crippen LogP contribution in [-0.2, 0) is 16.6 Å². The number of carbonyl (C=O) groups excluding carboxylic acids is 1. The molecule has 3 heterocycles. The molecule has 2 aliphatic heterocycles. The first-order valence-electron chi connectivity index (χ1n) is 13.0. The second-order valence-corrected chi connectivity index (χ2v) is 11.4. The molecule has 0 unspecified atom stereocenters. The highest BCUT2D eigenvalue weighted by atomic mass is 16.5. The van der Waals surface area contributed by atoms with Crippen molar-refractivity contribution in [3.05, 3.63) is 47.2 Å². The SMILES string of the molecule is CC(=O)N(c1ncccc1C)[C@H]1CC[C@@]2(O)[C@H]3Cc4ccc(O)c5c4[C@@]2(CCN3CC2CC2)[C@H]1O5. The van der Waals surface area contributed by atoms with Crippen LogP contribution in [0.3, 0.4) is 0 Å². The molecule has 3 aliphatic carbocycles. The van der Waals surface area contributed by atoms with Crippen LogP contribution >= 0.6 is 0 Å². The van der Waals surface area contributed by atoms with Gasteiger partial charge in [-0.25, -0.2) is 4.98 Å². The lowest BCUT2D eigenvalue weighted by Crippen LogP contribution is -2.78. The molecule has 1 spiro atoms. The summed E-state index contributed by atoms with van der Waals surface area (Å²) in [6, 6.07) is 7.34. The van der Waals surface area contributed by atoms with Crippen LogP contribution in [0.15, 0.2) is 30.5 Å². The Balaban J connectivity index is 1.39. The fourth-order valence-electron chi connectivity index (χ4n) is 7.99. The topological polar surface area (TPSA) is 86.1 Å². The summed E-state index contributed by atoms with van der Waals surface area (Å²) >= 11 is 0. The van der Waals surface area contributed by atoms with Crippen LogP contribution in [0.5, 0.6) is 11.5 Å². The maximum atomic E-state index is 13.1. The van der Waals surface area contributed by atoms with E-state index in [1.807, 2.05) is 25.1 Å². The average molecular weight is 476 g/mol. The van der Waals surface area contributed by atoms with Crippen LogP contribution in [0.1, 0.15) is 55.7 Å². The molecule has 1 aromatic carbocycles. The van der Waals surface area contributed by atoms with E-state index in [9.17, 15) is 15.0 Å². The molecule has 0 radical (unpaired) electrons. The van der Waals surface area contributed by atoms with Crippen LogP contribution in [-0.4, -0.2) is 62.9 Å². The summed E-state index contributed by atoms with van der Waals surface area (Å²) in [6.07, 6.45) is 6.58. The van der Waals surface area contributed by atoms with E-state index < -0.39 is 17.1 Å². The van der Waals surface area contributed by atoms with E-state index in [-0.39, 0.29) is 23.7 Å². The molecule has 184 valence electrons. The highest BCUT2D eigenvalue weighted by Crippen LogP contribution is 2.66. The number of likely N-dealkylation sites (tertiary alicyclic amines) is 1. The molecule has 35 heavy (non-hydrogen) atoms. The number of nitrogens with zero attached hydrogens (tertiary/aromatic N) is 3. The summed E-state index contributed by atoms with van der Waals surface area (Å²) in [7, 11) is 0. The number of pyridine rings is 1. The number of aliphatic hydroxyl groups is 1. The Hall–Kier alpha value is -2.64. The maximum absolute atomic E-state index is 13.1. The summed E-state index contributed by atoms with van der Waals surface area (Å²) in [5, 5.41) is 23.5. The van der Waals surface area contributed by atoms with E-state index in [0.29, 0.717) is 24.4 Å². The van der Waals surface area contributed by atoms with Crippen LogP contribution in [0.4, 0.5) is 5.82 Å². The first-order chi connectivity index (χ1) is 16.8.